The quantitative estimate of drug-likeness (QED) is 0.846. The minimum absolute atomic E-state index is 0.0999. The predicted molar refractivity (Wildman–Crippen MR) is 66.6 cm³/mol. The maximum Gasteiger partial charge on any atom is 0.142 e. The second-order valence-corrected chi connectivity index (χ2v) is 3.95. The molecule has 0 unspecified atom stereocenters. The van der Waals surface area contributed by atoms with Crippen LogP contribution < -0.4 is 10.5 Å². The van der Waals surface area contributed by atoms with Crippen LogP contribution in [0.4, 0.5) is 10.1 Å². The molecule has 0 atom stereocenters. The molecule has 88 valence electrons. The topological polar surface area (TPSA) is 35.2 Å². The second-order valence-electron chi connectivity index (χ2n) is 3.57. The monoisotopic (exact) mass is 251 g/mol. The van der Waals surface area contributed by atoms with Gasteiger partial charge in [0.1, 0.15) is 18.2 Å². The molecule has 2 aromatic carbocycles. The average Bonchev–Trinajstić information content (AvgIpc) is 2.33. The number of ether oxygens (including phenoxy) is 1. The molecule has 0 aliphatic rings. The van der Waals surface area contributed by atoms with E-state index in [1.165, 1.54) is 6.07 Å². The molecule has 0 aliphatic carbocycles. The van der Waals surface area contributed by atoms with Crippen LogP contribution in [0.5, 0.6) is 5.75 Å². The van der Waals surface area contributed by atoms with E-state index in [0.29, 0.717) is 17.0 Å². The first-order chi connectivity index (χ1) is 8.16. The first-order valence-corrected chi connectivity index (χ1v) is 5.46. The Labute approximate surface area is 104 Å². The average molecular weight is 252 g/mol. The molecule has 2 aromatic rings. The van der Waals surface area contributed by atoms with Gasteiger partial charge in [0.2, 0.25) is 0 Å². The smallest absolute Gasteiger partial charge is 0.142 e. The van der Waals surface area contributed by atoms with E-state index in [9.17, 15) is 4.39 Å². The summed E-state index contributed by atoms with van der Waals surface area (Å²) in [7, 11) is 0. The van der Waals surface area contributed by atoms with Crippen LogP contribution in [0.15, 0.2) is 42.5 Å². The molecule has 0 radical (unpaired) electrons. The van der Waals surface area contributed by atoms with Crippen LogP contribution in [-0.2, 0) is 6.61 Å². The summed E-state index contributed by atoms with van der Waals surface area (Å²) in [5.41, 5.74) is 6.83. The highest BCUT2D eigenvalue weighted by Gasteiger charge is 2.05. The Kier molecular flexibility index (Phi) is 3.49. The van der Waals surface area contributed by atoms with E-state index in [-0.39, 0.29) is 11.6 Å². The fraction of sp³-hybridized carbons (Fsp3) is 0.0769. The number of hydrogen-bond donors (Lipinski definition) is 1. The molecule has 0 spiro atoms. The lowest BCUT2D eigenvalue weighted by molar-refractivity contribution is 0.305. The fourth-order valence-electron chi connectivity index (χ4n) is 1.39. The van der Waals surface area contributed by atoms with Crippen LogP contribution in [0, 0.1) is 5.82 Å². The van der Waals surface area contributed by atoms with Crippen LogP contribution in [-0.4, -0.2) is 0 Å². The largest absolute Gasteiger partial charge is 0.489 e. The molecule has 0 aromatic heterocycles. The molecule has 4 heteroatoms. The summed E-state index contributed by atoms with van der Waals surface area (Å²) in [6.45, 7) is 0.223. The van der Waals surface area contributed by atoms with Crippen molar-refractivity contribution in [1.29, 1.82) is 0 Å². The number of rotatable bonds is 3. The highest BCUT2D eigenvalue weighted by Crippen LogP contribution is 2.22. The summed E-state index contributed by atoms with van der Waals surface area (Å²) in [6, 6.07) is 11.6. The van der Waals surface area contributed by atoms with Crippen molar-refractivity contribution in [1.82, 2.24) is 0 Å². The predicted octanol–water partition coefficient (Wildman–Crippen LogP) is 3.64. The number of hydrogen-bond acceptors (Lipinski definition) is 2. The maximum atomic E-state index is 13.2. The van der Waals surface area contributed by atoms with E-state index in [4.69, 9.17) is 22.1 Å². The van der Waals surface area contributed by atoms with Crippen molar-refractivity contribution in [2.75, 3.05) is 5.73 Å². The van der Waals surface area contributed by atoms with E-state index >= 15 is 0 Å². The van der Waals surface area contributed by atoms with E-state index in [0.717, 1.165) is 0 Å². The zero-order valence-corrected chi connectivity index (χ0v) is 9.75. The lowest BCUT2D eigenvalue weighted by atomic mass is 10.2. The molecule has 0 saturated carbocycles. The van der Waals surface area contributed by atoms with Crippen LogP contribution in [0.3, 0.4) is 0 Å². The molecule has 0 heterocycles. The maximum absolute atomic E-state index is 13.2. The highest BCUT2D eigenvalue weighted by molar-refractivity contribution is 6.31. The van der Waals surface area contributed by atoms with Crippen molar-refractivity contribution in [3.8, 4) is 5.75 Å². The zero-order chi connectivity index (χ0) is 12.3. The molecule has 17 heavy (non-hydrogen) atoms. The van der Waals surface area contributed by atoms with Gasteiger partial charge in [-0.25, -0.2) is 4.39 Å². The van der Waals surface area contributed by atoms with Crippen molar-refractivity contribution >= 4 is 17.3 Å². The van der Waals surface area contributed by atoms with Crippen molar-refractivity contribution in [2.45, 2.75) is 6.61 Å². The fourth-order valence-corrected chi connectivity index (χ4v) is 1.57. The van der Waals surface area contributed by atoms with Crippen molar-refractivity contribution < 1.29 is 9.13 Å². The SMILES string of the molecule is Nc1ccc(OCc2cccc(F)c2Cl)cc1. The van der Waals surface area contributed by atoms with Gasteiger partial charge in [-0.15, -0.1) is 0 Å². The van der Waals surface area contributed by atoms with Gasteiger partial charge in [0.25, 0.3) is 0 Å². The first-order valence-electron chi connectivity index (χ1n) is 5.08. The first kappa shape index (κ1) is 11.7. The Balaban J connectivity index is 2.07. The molecule has 0 bridgehead atoms. The summed E-state index contributed by atoms with van der Waals surface area (Å²) >= 11 is 5.81. The van der Waals surface area contributed by atoms with Gasteiger partial charge >= 0.3 is 0 Å². The number of benzene rings is 2. The van der Waals surface area contributed by atoms with Crippen molar-refractivity contribution in [3.05, 3.63) is 58.9 Å². The number of nitrogens with two attached hydrogens (primary N) is 1. The molecular formula is C13H11ClFNO. The van der Waals surface area contributed by atoms with Gasteiger partial charge in [0.15, 0.2) is 0 Å². The summed E-state index contributed by atoms with van der Waals surface area (Å²) in [5, 5.41) is 0.0999. The van der Waals surface area contributed by atoms with Crippen LogP contribution in [0.1, 0.15) is 5.56 Å². The lowest BCUT2D eigenvalue weighted by Crippen LogP contribution is -1.97. The molecule has 0 saturated heterocycles. The summed E-state index contributed by atoms with van der Waals surface area (Å²) in [5.74, 6) is 0.226. The third-order valence-electron chi connectivity index (χ3n) is 2.31. The number of halogens is 2. The number of nitrogen functional groups attached to an aromatic ring is 1. The van der Waals surface area contributed by atoms with Gasteiger partial charge in [0.05, 0.1) is 5.02 Å². The summed E-state index contributed by atoms with van der Waals surface area (Å²) in [4.78, 5) is 0. The molecule has 2 N–H and O–H groups in total. The Bertz CT molecular complexity index is 513. The lowest BCUT2D eigenvalue weighted by Gasteiger charge is -2.08. The Morgan fingerprint density at radius 2 is 1.82 bits per heavy atom. The van der Waals surface area contributed by atoms with E-state index in [1.54, 1.807) is 36.4 Å². The minimum Gasteiger partial charge on any atom is -0.489 e. The van der Waals surface area contributed by atoms with Gasteiger partial charge in [0, 0.05) is 11.3 Å². The molecule has 0 aliphatic heterocycles. The third kappa shape index (κ3) is 2.88. The molecule has 0 amide bonds. The summed E-state index contributed by atoms with van der Waals surface area (Å²) in [6.07, 6.45) is 0. The van der Waals surface area contributed by atoms with E-state index in [2.05, 4.69) is 0 Å². The van der Waals surface area contributed by atoms with Crippen molar-refractivity contribution in [3.63, 3.8) is 0 Å². The van der Waals surface area contributed by atoms with Gasteiger partial charge in [-0.05, 0) is 30.3 Å². The van der Waals surface area contributed by atoms with Gasteiger partial charge in [-0.2, -0.15) is 0 Å². The Morgan fingerprint density at radius 1 is 1.12 bits per heavy atom. The standard InChI is InChI=1S/C13H11ClFNO/c14-13-9(2-1-3-12(13)15)8-17-11-6-4-10(16)5-7-11/h1-7H,8,16H2. The van der Waals surface area contributed by atoms with E-state index in [1.807, 2.05) is 0 Å². The third-order valence-corrected chi connectivity index (χ3v) is 2.73. The Morgan fingerprint density at radius 3 is 2.53 bits per heavy atom. The van der Waals surface area contributed by atoms with E-state index < -0.39 is 5.82 Å². The zero-order valence-electron chi connectivity index (χ0n) is 8.99. The molecule has 2 rings (SSSR count). The highest BCUT2D eigenvalue weighted by atomic mass is 35.5. The van der Waals surface area contributed by atoms with Crippen LogP contribution >= 0.6 is 11.6 Å². The molecule has 0 fully saturated rings. The number of anilines is 1. The summed E-state index contributed by atoms with van der Waals surface area (Å²) < 4.78 is 18.6. The van der Waals surface area contributed by atoms with Crippen LogP contribution in [0.2, 0.25) is 5.02 Å². The normalized spacial score (nSPS) is 10.2. The van der Waals surface area contributed by atoms with Gasteiger partial charge in [-0.3, -0.25) is 0 Å². The van der Waals surface area contributed by atoms with Crippen LogP contribution in [0.25, 0.3) is 0 Å². The van der Waals surface area contributed by atoms with Gasteiger partial charge < -0.3 is 10.5 Å². The van der Waals surface area contributed by atoms with Crippen molar-refractivity contribution in [2.24, 2.45) is 0 Å². The molecular weight excluding hydrogens is 241 g/mol. The minimum atomic E-state index is -0.440. The Hall–Kier alpha value is -1.74. The second kappa shape index (κ2) is 5.06. The molecule has 2 nitrogen and oxygen atoms in total. The van der Waals surface area contributed by atoms with Gasteiger partial charge in [-0.1, -0.05) is 23.7 Å².